The number of aryl methyl sites for hydroxylation is 1. The molecule has 1 N–H and O–H groups in total. The van der Waals surface area contributed by atoms with E-state index in [-0.39, 0.29) is 10.8 Å². The van der Waals surface area contributed by atoms with Crippen LogP contribution in [0.15, 0.2) is 59.6 Å². The Morgan fingerprint density at radius 2 is 1.81 bits per heavy atom. The van der Waals surface area contributed by atoms with E-state index < -0.39 is 10.0 Å². The van der Waals surface area contributed by atoms with Gasteiger partial charge >= 0.3 is 0 Å². The Bertz CT molecular complexity index is 1250. The van der Waals surface area contributed by atoms with Gasteiger partial charge in [0.1, 0.15) is 0 Å². The number of hydrogen-bond donors (Lipinski definition) is 1. The molecule has 1 fully saturated rings. The summed E-state index contributed by atoms with van der Waals surface area (Å²) in [5.41, 5.74) is 3.18. The molecule has 160 valence electrons. The number of nitrogens with zero attached hydrogens (tertiary/aromatic N) is 3. The molecule has 0 radical (unpaired) electrons. The lowest BCUT2D eigenvalue weighted by Gasteiger charge is -2.26. The summed E-state index contributed by atoms with van der Waals surface area (Å²) in [6, 6.07) is 12.4. The maximum absolute atomic E-state index is 13.0. The lowest BCUT2D eigenvalue weighted by Crippen LogP contribution is -2.36. The lowest BCUT2D eigenvalue weighted by molar-refractivity contribution is -0.111. The minimum absolute atomic E-state index is 0.233. The predicted octanol–water partition coefficient (Wildman–Crippen LogP) is 3.76. The maximum atomic E-state index is 13.0. The number of rotatable bonds is 5. The van der Waals surface area contributed by atoms with Crippen LogP contribution in [0.2, 0.25) is 0 Å². The third-order valence-corrected chi connectivity index (χ3v) is 7.30. The number of aromatic nitrogens is 2. The summed E-state index contributed by atoms with van der Waals surface area (Å²) < 4.78 is 27.6. The van der Waals surface area contributed by atoms with Crippen LogP contribution in [0.4, 0.5) is 5.69 Å². The topological polar surface area (TPSA) is 92.3 Å². The van der Waals surface area contributed by atoms with Crippen molar-refractivity contribution in [3.63, 3.8) is 0 Å². The highest BCUT2D eigenvalue weighted by atomic mass is 32.2. The fraction of sp³-hybridized carbons (Fsp3) is 0.261. The first kappa shape index (κ1) is 21.1. The van der Waals surface area contributed by atoms with Gasteiger partial charge in [-0.1, -0.05) is 24.6 Å². The fourth-order valence-electron chi connectivity index (χ4n) is 3.60. The van der Waals surface area contributed by atoms with Gasteiger partial charge in [-0.15, -0.1) is 0 Å². The molecule has 3 aromatic rings. The fourth-order valence-corrected chi connectivity index (χ4v) is 5.36. The lowest BCUT2D eigenvalue weighted by atomic mass is 10.2. The molecule has 0 bridgehead atoms. The molecule has 0 aliphatic carbocycles. The molecule has 0 saturated carbocycles. The summed E-state index contributed by atoms with van der Waals surface area (Å²) in [4.78, 5) is 21.4. The van der Waals surface area contributed by atoms with Gasteiger partial charge in [0.15, 0.2) is 0 Å². The first-order valence-corrected chi connectivity index (χ1v) is 11.7. The maximum Gasteiger partial charge on any atom is 0.248 e. The summed E-state index contributed by atoms with van der Waals surface area (Å²) in [5, 5.41) is 2.74. The molecule has 0 unspecified atom stereocenters. The quantitative estimate of drug-likeness (QED) is 0.615. The van der Waals surface area contributed by atoms with Crippen LogP contribution in [0.25, 0.3) is 17.1 Å². The molecule has 8 heteroatoms. The molecule has 2 heterocycles. The van der Waals surface area contributed by atoms with E-state index in [1.807, 2.05) is 24.3 Å². The molecule has 1 saturated heterocycles. The summed E-state index contributed by atoms with van der Waals surface area (Å²) in [5.74, 6) is -0.375. The van der Waals surface area contributed by atoms with E-state index in [0.717, 1.165) is 30.3 Å². The Morgan fingerprint density at radius 3 is 2.58 bits per heavy atom. The molecule has 2 aromatic carbocycles. The Kier molecular flexibility index (Phi) is 6.11. The van der Waals surface area contributed by atoms with E-state index in [1.165, 1.54) is 16.4 Å². The number of carbonyl (C=O) groups is 1. The Hall–Kier alpha value is -3.10. The average molecular weight is 437 g/mol. The van der Waals surface area contributed by atoms with Crippen molar-refractivity contribution in [2.24, 2.45) is 0 Å². The number of anilines is 1. The van der Waals surface area contributed by atoms with Crippen LogP contribution in [0.1, 0.15) is 30.5 Å². The van der Waals surface area contributed by atoms with E-state index in [9.17, 15) is 13.2 Å². The summed E-state index contributed by atoms with van der Waals surface area (Å²) >= 11 is 0. The summed E-state index contributed by atoms with van der Waals surface area (Å²) in [6.07, 6.45) is 7.33. The number of sulfonamides is 1. The van der Waals surface area contributed by atoms with Gasteiger partial charge in [-0.3, -0.25) is 9.78 Å². The molecular weight excluding hydrogens is 412 g/mol. The second-order valence-corrected chi connectivity index (χ2v) is 9.46. The molecule has 0 atom stereocenters. The van der Waals surface area contributed by atoms with Crippen LogP contribution in [-0.2, 0) is 14.8 Å². The second-order valence-electron chi connectivity index (χ2n) is 7.55. The Morgan fingerprint density at radius 1 is 1.06 bits per heavy atom. The third-order valence-electron chi connectivity index (χ3n) is 5.26. The zero-order valence-corrected chi connectivity index (χ0v) is 18.1. The molecule has 1 aliphatic heterocycles. The van der Waals surface area contributed by atoms with Crippen molar-refractivity contribution in [1.82, 2.24) is 14.3 Å². The number of amides is 1. The van der Waals surface area contributed by atoms with Gasteiger partial charge in [-0.25, -0.2) is 13.4 Å². The number of hydrogen-bond acceptors (Lipinski definition) is 5. The molecule has 1 amide bonds. The van der Waals surface area contributed by atoms with E-state index in [0.29, 0.717) is 30.0 Å². The Balaban J connectivity index is 1.50. The molecule has 4 rings (SSSR count). The second kappa shape index (κ2) is 8.95. The third kappa shape index (κ3) is 4.81. The van der Waals surface area contributed by atoms with E-state index >= 15 is 0 Å². The smallest absolute Gasteiger partial charge is 0.248 e. The molecule has 1 aliphatic rings. The number of para-hydroxylation sites is 2. The first-order valence-electron chi connectivity index (χ1n) is 10.3. The molecule has 0 spiro atoms. The van der Waals surface area contributed by atoms with E-state index in [2.05, 4.69) is 15.3 Å². The SMILES string of the molecule is Cc1ccc(NC(=O)/C=C/c2cnc3ccccc3n2)cc1S(=O)(=O)N1CCCCC1. The van der Waals surface area contributed by atoms with Crippen LogP contribution in [0.3, 0.4) is 0 Å². The van der Waals surface area contributed by atoms with Gasteiger partial charge in [0.05, 0.1) is 27.8 Å². The molecule has 1 aromatic heterocycles. The molecular formula is C23H24N4O3S. The van der Waals surface area contributed by atoms with Crippen LogP contribution < -0.4 is 5.32 Å². The van der Waals surface area contributed by atoms with Gasteiger partial charge in [0.2, 0.25) is 15.9 Å². The van der Waals surface area contributed by atoms with E-state index in [1.54, 1.807) is 31.3 Å². The normalized spacial score (nSPS) is 15.4. The van der Waals surface area contributed by atoms with Crippen molar-refractivity contribution >= 4 is 38.7 Å². The number of fused-ring (bicyclic) bond motifs is 1. The Labute approximate surface area is 181 Å². The van der Waals surface area contributed by atoms with Crippen LogP contribution in [0, 0.1) is 6.92 Å². The van der Waals surface area contributed by atoms with Crippen molar-refractivity contribution in [1.29, 1.82) is 0 Å². The van der Waals surface area contributed by atoms with Gasteiger partial charge in [0.25, 0.3) is 0 Å². The highest BCUT2D eigenvalue weighted by Crippen LogP contribution is 2.26. The number of carbonyl (C=O) groups excluding carboxylic acids is 1. The van der Waals surface area contributed by atoms with Crippen molar-refractivity contribution in [2.45, 2.75) is 31.1 Å². The summed E-state index contributed by atoms with van der Waals surface area (Å²) in [6.45, 7) is 2.84. The average Bonchev–Trinajstić information content (AvgIpc) is 2.79. The largest absolute Gasteiger partial charge is 0.322 e. The standard InChI is InChI=1S/C23H24N4O3S/c1-17-9-10-18(15-22(17)31(29,30)27-13-5-2-6-14-27)26-23(28)12-11-19-16-24-20-7-3-4-8-21(20)25-19/h3-4,7-12,15-16H,2,5-6,13-14H2,1H3,(H,26,28)/b12-11+. The van der Waals surface area contributed by atoms with Crippen molar-refractivity contribution < 1.29 is 13.2 Å². The number of piperidine rings is 1. The molecule has 7 nitrogen and oxygen atoms in total. The van der Waals surface area contributed by atoms with Crippen LogP contribution in [0.5, 0.6) is 0 Å². The van der Waals surface area contributed by atoms with Crippen LogP contribution >= 0.6 is 0 Å². The van der Waals surface area contributed by atoms with Crippen molar-refractivity contribution in [2.75, 3.05) is 18.4 Å². The first-order chi connectivity index (χ1) is 14.9. The van der Waals surface area contributed by atoms with Crippen molar-refractivity contribution in [3.8, 4) is 0 Å². The zero-order valence-electron chi connectivity index (χ0n) is 17.3. The molecule has 31 heavy (non-hydrogen) atoms. The highest BCUT2D eigenvalue weighted by Gasteiger charge is 2.27. The minimum atomic E-state index is -3.58. The van der Waals surface area contributed by atoms with Gasteiger partial charge < -0.3 is 5.32 Å². The van der Waals surface area contributed by atoms with Crippen molar-refractivity contribution in [3.05, 3.63) is 66.0 Å². The van der Waals surface area contributed by atoms with Gasteiger partial charge in [-0.05, 0) is 55.7 Å². The van der Waals surface area contributed by atoms with E-state index in [4.69, 9.17) is 0 Å². The predicted molar refractivity (Wildman–Crippen MR) is 121 cm³/mol. The van der Waals surface area contributed by atoms with Gasteiger partial charge in [0, 0.05) is 24.9 Å². The number of benzene rings is 2. The summed E-state index contributed by atoms with van der Waals surface area (Å²) in [7, 11) is -3.58. The minimum Gasteiger partial charge on any atom is -0.322 e. The zero-order chi connectivity index (χ0) is 21.8. The monoisotopic (exact) mass is 436 g/mol. The highest BCUT2D eigenvalue weighted by molar-refractivity contribution is 7.89. The van der Waals surface area contributed by atoms with Crippen LogP contribution in [-0.4, -0.2) is 41.7 Å². The van der Waals surface area contributed by atoms with Gasteiger partial charge in [-0.2, -0.15) is 4.31 Å². The number of nitrogens with one attached hydrogen (secondary N) is 1.